The number of carbonyl (C=O) groups is 1. The average molecular weight is 403 g/mol. The van der Waals surface area contributed by atoms with E-state index in [1.165, 1.54) is 11.8 Å². The van der Waals surface area contributed by atoms with Crippen LogP contribution in [0.5, 0.6) is 0 Å². The number of halogens is 1. The summed E-state index contributed by atoms with van der Waals surface area (Å²) in [5.74, 6) is 2.74. The molecule has 3 fully saturated rings. The number of ketones is 1. The third-order valence-electron chi connectivity index (χ3n) is 8.78. The van der Waals surface area contributed by atoms with Gasteiger partial charge in [0.2, 0.25) is 0 Å². The van der Waals surface area contributed by atoms with Crippen LogP contribution >= 0.6 is 0 Å². The van der Waals surface area contributed by atoms with E-state index in [0.29, 0.717) is 36.5 Å². The Morgan fingerprint density at radius 3 is 2.90 bits per heavy atom. The largest absolute Gasteiger partial charge is 0.405 e. The fourth-order valence-corrected chi connectivity index (χ4v) is 7.37. The molecule has 0 amide bonds. The first-order valence-electron chi connectivity index (χ1n) is 11.3. The molecule has 4 rings (SSSR count). The molecule has 0 aromatic heterocycles. The van der Waals surface area contributed by atoms with Crippen LogP contribution in [-0.4, -0.2) is 35.9 Å². The van der Waals surface area contributed by atoms with E-state index in [1.54, 1.807) is 12.3 Å². The highest BCUT2D eigenvalue weighted by molar-refractivity contribution is 5.86. The summed E-state index contributed by atoms with van der Waals surface area (Å²) in [6.45, 7) is 1.95. The van der Waals surface area contributed by atoms with Gasteiger partial charge in [-0.05, 0) is 92.7 Å². The SMILES string of the molecule is C[C@]12CC[C@H]3[C@@H](CC=C4C[C@@](O)(CF)CC[C@@H]43)[C@@H]1CC[C@@H]2C(=O)CN=CC=CN. The standard InChI is InChI=1S/C24H35FN2O2/c1-23-9-7-18-17-8-10-24(29,15-25)13-16(17)3-4-19(18)20(23)5-6-21(23)22(28)14-27-12-2-11-26/h2-3,11-12,17-21,29H,4-10,13-15,26H2,1H3/t17-,18+,19+,20-,21+,23-,24+/m0/s1. The monoisotopic (exact) mass is 402 g/mol. The molecule has 160 valence electrons. The van der Waals surface area contributed by atoms with Gasteiger partial charge in [0.25, 0.3) is 0 Å². The van der Waals surface area contributed by atoms with Crippen molar-refractivity contribution in [1.29, 1.82) is 0 Å². The molecule has 0 radical (unpaired) electrons. The van der Waals surface area contributed by atoms with Crippen molar-refractivity contribution in [2.45, 2.75) is 63.9 Å². The lowest BCUT2D eigenvalue weighted by molar-refractivity contribution is -0.127. The van der Waals surface area contributed by atoms with Gasteiger partial charge < -0.3 is 10.8 Å². The van der Waals surface area contributed by atoms with Crippen molar-refractivity contribution in [2.75, 3.05) is 13.2 Å². The molecule has 4 aliphatic carbocycles. The first kappa shape index (κ1) is 20.8. The highest BCUT2D eigenvalue weighted by Gasteiger charge is 2.57. The lowest BCUT2D eigenvalue weighted by Gasteiger charge is -2.54. The summed E-state index contributed by atoms with van der Waals surface area (Å²) in [7, 11) is 0. The first-order valence-corrected chi connectivity index (χ1v) is 11.3. The van der Waals surface area contributed by atoms with Gasteiger partial charge in [-0.2, -0.15) is 0 Å². The minimum absolute atomic E-state index is 0.0805. The molecule has 4 aliphatic rings. The lowest BCUT2D eigenvalue weighted by Crippen LogP contribution is -2.49. The van der Waals surface area contributed by atoms with Crippen LogP contribution in [0.1, 0.15) is 58.3 Å². The van der Waals surface area contributed by atoms with Gasteiger partial charge in [-0.1, -0.05) is 18.6 Å². The molecule has 3 saturated carbocycles. The zero-order chi connectivity index (χ0) is 20.6. The van der Waals surface area contributed by atoms with E-state index in [0.717, 1.165) is 38.5 Å². The summed E-state index contributed by atoms with van der Waals surface area (Å²) in [6.07, 6.45) is 14.4. The van der Waals surface area contributed by atoms with Crippen molar-refractivity contribution in [3.8, 4) is 0 Å². The van der Waals surface area contributed by atoms with Crippen molar-refractivity contribution < 1.29 is 14.3 Å². The van der Waals surface area contributed by atoms with E-state index in [4.69, 9.17) is 5.73 Å². The number of nitrogens with two attached hydrogens (primary N) is 1. The van der Waals surface area contributed by atoms with Gasteiger partial charge in [-0.15, -0.1) is 0 Å². The molecule has 5 heteroatoms. The molecule has 29 heavy (non-hydrogen) atoms. The van der Waals surface area contributed by atoms with E-state index in [2.05, 4.69) is 18.0 Å². The Morgan fingerprint density at radius 1 is 1.31 bits per heavy atom. The molecular formula is C24H35FN2O2. The van der Waals surface area contributed by atoms with Crippen LogP contribution in [0.3, 0.4) is 0 Å². The van der Waals surface area contributed by atoms with Crippen LogP contribution in [0.15, 0.2) is 28.9 Å². The number of hydrogen-bond donors (Lipinski definition) is 2. The smallest absolute Gasteiger partial charge is 0.157 e. The summed E-state index contributed by atoms with van der Waals surface area (Å²) >= 11 is 0. The number of aliphatic imine (C=N–C) groups is 1. The second kappa shape index (κ2) is 7.98. The van der Waals surface area contributed by atoms with Gasteiger partial charge in [0, 0.05) is 12.1 Å². The van der Waals surface area contributed by atoms with Crippen molar-refractivity contribution >= 4 is 12.0 Å². The Morgan fingerprint density at radius 2 is 2.14 bits per heavy atom. The van der Waals surface area contributed by atoms with E-state index >= 15 is 0 Å². The van der Waals surface area contributed by atoms with E-state index < -0.39 is 12.3 Å². The van der Waals surface area contributed by atoms with Crippen molar-refractivity contribution in [3.05, 3.63) is 23.9 Å². The van der Waals surface area contributed by atoms with Gasteiger partial charge in [0.05, 0.1) is 12.1 Å². The van der Waals surface area contributed by atoms with Crippen LogP contribution in [0.25, 0.3) is 0 Å². The van der Waals surface area contributed by atoms with E-state index in [9.17, 15) is 14.3 Å². The van der Waals surface area contributed by atoms with Crippen LogP contribution in [0, 0.1) is 35.0 Å². The van der Waals surface area contributed by atoms with Crippen LogP contribution < -0.4 is 5.73 Å². The highest BCUT2D eigenvalue weighted by Crippen LogP contribution is 2.63. The van der Waals surface area contributed by atoms with Gasteiger partial charge in [-0.3, -0.25) is 9.79 Å². The second-order valence-electron chi connectivity index (χ2n) is 10.1. The van der Waals surface area contributed by atoms with Gasteiger partial charge >= 0.3 is 0 Å². The zero-order valence-corrected chi connectivity index (χ0v) is 17.5. The van der Waals surface area contributed by atoms with Gasteiger partial charge in [-0.25, -0.2) is 4.39 Å². The molecule has 0 heterocycles. The lowest BCUT2D eigenvalue weighted by atomic mass is 9.51. The number of allylic oxidation sites excluding steroid dienone is 2. The van der Waals surface area contributed by atoms with E-state index in [-0.39, 0.29) is 23.7 Å². The van der Waals surface area contributed by atoms with Gasteiger partial charge in [0.1, 0.15) is 6.67 Å². The molecule has 0 aromatic rings. The summed E-state index contributed by atoms with van der Waals surface area (Å²) in [5, 5.41) is 10.4. The number of fused-ring (bicyclic) bond motifs is 5. The molecule has 4 nitrogen and oxygen atoms in total. The third kappa shape index (κ3) is 3.60. The molecule has 0 spiro atoms. The van der Waals surface area contributed by atoms with Crippen molar-refractivity contribution in [1.82, 2.24) is 0 Å². The summed E-state index contributed by atoms with van der Waals surface area (Å²) < 4.78 is 13.3. The maximum absolute atomic E-state index is 13.3. The van der Waals surface area contributed by atoms with Crippen molar-refractivity contribution in [3.63, 3.8) is 0 Å². The Labute approximate surface area is 173 Å². The third-order valence-corrected chi connectivity index (χ3v) is 8.78. The predicted octanol–water partition coefficient (Wildman–Crippen LogP) is 3.99. The first-order chi connectivity index (χ1) is 13.9. The zero-order valence-electron chi connectivity index (χ0n) is 17.5. The van der Waals surface area contributed by atoms with Gasteiger partial charge in [0.15, 0.2) is 5.78 Å². The molecule has 7 atom stereocenters. The number of hydrogen-bond acceptors (Lipinski definition) is 4. The average Bonchev–Trinajstić information content (AvgIpc) is 3.08. The Hall–Kier alpha value is -1.49. The fraction of sp³-hybridized carbons (Fsp3) is 0.750. The quantitative estimate of drug-likeness (QED) is 0.539. The second-order valence-corrected chi connectivity index (χ2v) is 10.1. The summed E-state index contributed by atoms with van der Waals surface area (Å²) in [6, 6.07) is 0. The minimum Gasteiger partial charge on any atom is -0.405 e. The van der Waals surface area contributed by atoms with Crippen LogP contribution in [0.4, 0.5) is 4.39 Å². The predicted molar refractivity (Wildman–Crippen MR) is 113 cm³/mol. The van der Waals surface area contributed by atoms with Crippen LogP contribution in [-0.2, 0) is 4.79 Å². The Balaban J connectivity index is 1.49. The molecule has 0 saturated heterocycles. The number of rotatable bonds is 5. The molecule has 3 N–H and O–H groups in total. The summed E-state index contributed by atoms with van der Waals surface area (Å²) in [5.41, 5.74) is 5.56. The topological polar surface area (TPSA) is 75.7 Å². The molecule has 0 aliphatic heterocycles. The maximum atomic E-state index is 13.3. The molecule has 0 aromatic carbocycles. The number of alkyl halides is 1. The number of Topliss-reactive ketones (excluding diaryl/α,β-unsaturated/α-hetero) is 1. The maximum Gasteiger partial charge on any atom is 0.157 e. The Bertz CT molecular complexity index is 732. The molecular weight excluding hydrogens is 367 g/mol. The highest BCUT2D eigenvalue weighted by atomic mass is 19.1. The fourth-order valence-electron chi connectivity index (χ4n) is 7.37. The number of carbonyl (C=O) groups excluding carboxylic acids is 1. The number of aliphatic hydroxyl groups is 1. The molecule has 0 bridgehead atoms. The normalized spacial score (nSPS) is 44.4. The molecule has 0 unspecified atom stereocenters. The van der Waals surface area contributed by atoms with Crippen molar-refractivity contribution in [2.24, 2.45) is 45.7 Å². The van der Waals surface area contributed by atoms with E-state index in [1.807, 2.05) is 0 Å². The van der Waals surface area contributed by atoms with Crippen LogP contribution in [0.2, 0.25) is 0 Å². The summed E-state index contributed by atoms with van der Waals surface area (Å²) in [4.78, 5) is 17.1. The number of nitrogens with zero attached hydrogens (tertiary/aromatic N) is 1. The Kier molecular flexibility index (Phi) is 5.71. The minimum atomic E-state index is -1.14.